The molecule has 1 aliphatic heterocycles. The predicted octanol–water partition coefficient (Wildman–Crippen LogP) is 2.50. The molecule has 4 rings (SSSR count). The van der Waals surface area contributed by atoms with E-state index in [4.69, 9.17) is 8.94 Å². The van der Waals surface area contributed by atoms with Gasteiger partial charge >= 0.3 is 0 Å². The Balaban J connectivity index is 1.49. The number of alkyl halides is 1. The monoisotopic (exact) mass is 329 g/mol. The molecular weight excluding hydrogens is 313 g/mol. The molecule has 3 heterocycles. The fourth-order valence-electron chi connectivity index (χ4n) is 2.86. The van der Waals surface area contributed by atoms with Crippen LogP contribution in [-0.4, -0.2) is 38.3 Å². The third kappa shape index (κ3) is 2.80. The molecule has 0 N–H and O–H groups in total. The van der Waals surface area contributed by atoms with Crippen molar-refractivity contribution in [3.05, 3.63) is 48.0 Å². The molecule has 0 spiro atoms. The standard InChI is InChI=1S/C16H16FN5O2/c1-11-19-20-13(23-11)9-22-8-7-16(17,10-22)15-18-14(21-24-15)12-5-3-2-4-6-12/h2-6H,7-10H2,1H3. The normalized spacial score (nSPS) is 21.4. The molecule has 0 saturated carbocycles. The van der Waals surface area contributed by atoms with Crippen LogP contribution in [-0.2, 0) is 12.2 Å². The van der Waals surface area contributed by atoms with Crippen molar-refractivity contribution in [2.45, 2.75) is 25.6 Å². The first kappa shape index (κ1) is 14.9. The predicted molar refractivity (Wildman–Crippen MR) is 81.4 cm³/mol. The van der Waals surface area contributed by atoms with Gasteiger partial charge < -0.3 is 8.94 Å². The van der Waals surface area contributed by atoms with E-state index >= 15 is 4.39 Å². The van der Waals surface area contributed by atoms with Crippen molar-refractivity contribution in [2.75, 3.05) is 13.1 Å². The minimum absolute atomic E-state index is 0.0190. The second-order valence-corrected chi connectivity index (χ2v) is 5.93. The van der Waals surface area contributed by atoms with Gasteiger partial charge in [0.05, 0.1) is 6.54 Å². The lowest BCUT2D eigenvalue weighted by atomic mass is 10.1. The Hall–Kier alpha value is -2.61. The van der Waals surface area contributed by atoms with Crippen molar-refractivity contribution in [1.29, 1.82) is 0 Å². The summed E-state index contributed by atoms with van der Waals surface area (Å²) in [5.41, 5.74) is -0.859. The number of rotatable bonds is 4. The van der Waals surface area contributed by atoms with Gasteiger partial charge in [-0.1, -0.05) is 35.5 Å². The van der Waals surface area contributed by atoms with Crippen LogP contribution in [0.1, 0.15) is 24.1 Å². The number of halogens is 1. The highest BCUT2D eigenvalue weighted by Crippen LogP contribution is 2.36. The molecule has 2 aromatic heterocycles. The number of likely N-dealkylation sites (tertiary alicyclic amines) is 1. The van der Waals surface area contributed by atoms with Gasteiger partial charge in [0.1, 0.15) is 0 Å². The molecule has 0 bridgehead atoms. The highest BCUT2D eigenvalue weighted by Gasteiger charge is 2.45. The zero-order valence-corrected chi connectivity index (χ0v) is 13.1. The molecule has 24 heavy (non-hydrogen) atoms. The van der Waals surface area contributed by atoms with Gasteiger partial charge in [-0.05, 0) is 0 Å². The van der Waals surface area contributed by atoms with Crippen molar-refractivity contribution in [3.63, 3.8) is 0 Å². The zero-order valence-electron chi connectivity index (χ0n) is 13.1. The molecular formula is C16H16FN5O2. The van der Waals surface area contributed by atoms with Gasteiger partial charge in [0, 0.05) is 32.0 Å². The van der Waals surface area contributed by atoms with Gasteiger partial charge in [0.25, 0.3) is 5.89 Å². The topological polar surface area (TPSA) is 81.1 Å². The molecule has 1 aliphatic rings. The maximum Gasteiger partial charge on any atom is 0.266 e. The Morgan fingerprint density at radius 2 is 2.08 bits per heavy atom. The Morgan fingerprint density at radius 3 is 2.83 bits per heavy atom. The van der Waals surface area contributed by atoms with E-state index in [0.29, 0.717) is 30.7 Å². The number of nitrogens with zero attached hydrogens (tertiary/aromatic N) is 5. The lowest BCUT2D eigenvalue weighted by Gasteiger charge is -2.15. The van der Waals surface area contributed by atoms with Gasteiger partial charge in [-0.2, -0.15) is 4.98 Å². The Bertz CT molecular complexity index is 834. The average molecular weight is 329 g/mol. The molecule has 0 radical (unpaired) electrons. The molecule has 7 nitrogen and oxygen atoms in total. The van der Waals surface area contributed by atoms with Crippen molar-refractivity contribution in [2.24, 2.45) is 0 Å². The first-order valence-corrected chi connectivity index (χ1v) is 7.72. The van der Waals surface area contributed by atoms with E-state index < -0.39 is 5.67 Å². The fraction of sp³-hybridized carbons (Fsp3) is 0.375. The number of benzene rings is 1. The maximum atomic E-state index is 15.2. The zero-order chi connectivity index (χ0) is 16.6. The SMILES string of the molecule is Cc1nnc(CN2CCC(F)(c3nc(-c4ccccc4)no3)C2)o1. The molecule has 1 saturated heterocycles. The molecule has 0 aliphatic carbocycles. The summed E-state index contributed by atoms with van der Waals surface area (Å²) in [5, 5.41) is 11.6. The summed E-state index contributed by atoms with van der Waals surface area (Å²) in [6.45, 7) is 2.85. The van der Waals surface area contributed by atoms with Crippen LogP contribution in [0.5, 0.6) is 0 Å². The van der Waals surface area contributed by atoms with Crippen molar-refractivity contribution in [1.82, 2.24) is 25.2 Å². The summed E-state index contributed by atoms with van der Waals surface area (Å²) in [4.78, 5) is 6.15. The summed E-state index contributed by atoms with van der Waals surface area (Å²) in [6, 6.07) is 9.37. The molecule has 1 unspecified atom stereocenters. The van der Waals surface area contributed by atoms with E-state index in [-0.39, 0.29) is 18.9 Å². The minimum Gasteiger partial charge on any atom is -0.424 e. The van der Waals surface area contributed by atoms with Crippen LogP contribution in [0.2, 0.25) is 0 Å². The molecule has 1 aromatic carbocycles. The molecule has 0 amide bonds. The van der Waals surface area contributed by atoms with Crippen LogP contribution < -0.4 is 0 Å². The molecule has 1 fully saturated rings. The smallest absolute Gasteiger partial charge is 0.266 e. The first-order valence-electron chi connectivity index (χ1n) is 7.72. The van der Waals surface area contributed by atoms with Gasteiger partial charge in [0.15, 0.2) is 0 Å². The van der Waals surface area contributed by atoms with Crippen molar-refractivity contribution in [3.8, 4) is 11.4 Å². The quantitative estimate of drug-likeness (QED) is 0.727. The Morgan fingerprint density at radius 1 is 1.25 bits per heavy atom. The Labute approximate surface area is 137 Å². The van der Waals surface area contributed by atoms with Crippen LogP contribution in [0.25, 0.3) is 11.4 Å². The van der Waals surface area contributed by atoms with Crippen LogP contribution in [0.15, 0.2) is 39.3 Å². The second-order valence-electron chi connectivity index (χ2n) is 5.93. The maximum absolute atomic E-state index is 15.2. The Kier molecular flexibility index (Phi) is 3.61. The van der Waals surface area contributed by atoms with E-state index in [1.54, 1.807) is 6.92 Å². The fourth-order valence-corrected chi connectivity index (χ4v) is 2.86. The van der Waals surface area contributed by atoms with E-state index in [9.17, 15) is 0 Å². The van der Waals surface area contributed by atoms with Gasteiger partial charge in [-0.25, -0.2) is 4.39 Å². The third-order valence-electron chi connectivity index (χ3n) is 4.07. The van der Waals surface area contributed by atoms with Gasteiger partial charge in [-0.3, -0.25) is 4.90 Å². The number of hydrogen-bond donors (Lipinski definition) is 0. The van der Waals surface area contributed by atoms with Gasteiger partial charge in [0.2, 0.25) is 23.3 Å². The lowest BCUT2D eigenvalue weighted by molar-refractivity contribution is 0.113. The minimum atomic E-state index is -1.66. The molecule has 1 atom stereocenters. The number of aryl methyl sites for hydroxylation is 1. The van der Waals surface area contributed by atoms with Crippen molar-refractivity contribution >= 4 is 0 Å². The van der Waals surface area contributed by atoms with Crippen LogP contribution in [0.4, 0.5) is 4.39 Å². The van der Waals surface area contributed by atoms with Crippen LogP contribution >= 0.6 is 0 Å². The first-order chi connectivity index (χ1) is 11.6. The van der Waals surface area contributed by atoms with Gasteiger partial charge in [-0.15, -0.1) is 10.2 Å². The lowest BCUT2D eigenvalue weighted by Crippen LogP contribution is -2.27. The highest BCUT2D eigenvalue weighted by atomic mass is 19.1. The summed E-state index contributed by atoms with van der Waals surface area (Å²) in [6.07, 6.45) is 0.288. The number of hydrogen-bond acceptors (Lipinski definition) is 7. The second kappa shape index (κ2) is 5.79. The molecule has 8 heteroatoms. The largest absolute Gasteiger partial charge is 0.424 e. The summed E-state index contributed by atoms with van der Waals surface area (Å²) in [5.74, 6) is 1.39. The van der Waals surface area contributed by atoms with Crippen LogP contribution in [0.3, 0.4) is 0 Å². The summed E-state index contributed by atoms with van der Waals surface area (Å²) < 4.78 is 25.8. The summed E-state index contributed by atoms with van der Waals surface area (Å²) in [7, 11) is 0. The summed E-state index contributed by atoms with van der Waals surface area (Å²) >= 11 is 0. The van der Waals surface area contributed by atoms with E-state index in [0.717, 1.165) is 5.56 Å². The molecule has 3 aromatic rings. The third-order valence-corrected chi connectivity index (χ3v) is 4.07. The van der Waals surface area contributed by atoms with E-state index in [1.807, 2.05) is 35.2 Å². The number of aromatic nitrogens is 4. The van der Waals surface area contributed by atoms with E-state index in [2.05, 4.69) is 20.3 Å². The average Bonchev–Trinajstić information content (AvgIpc) is 3.30. The van der Waals surface area contributed by atoms with E-state index in [1.165, 1.54) is 0 Å². The van der Waals surface area contributed by atoms with Crippen LogP contribution in [0, 0.1) is 6.92 Å². The highest BCUT2D eigenvalue weighted by molar-refractivity contribution is 5.53. The van der Waals surface area contributed by atoms with Crippen molar-refractivity contribution < 1.29 is 13.3 Å². The molecule has 124 valence electrons.